The van der Waals surface area contributed by atoms with Crippen LogP contribution in [0.5, 0.6) is 0 Å². The molecule has 0 amide bonds. The molecule has 23 heavy (non-hydrogen) atoms. The van der Waals surface area contributed by atoms with Gasteiger partial charge in [0.1, 0.15) is 0 Å². The van der Waals surface area contributed by atoms with Crippen molar-refractivity contribution in [1.29, 1.82) is 0 Å². The van der Waals surface area contributed by atoms with Crippen LogP contribution in [0.1, 0.15) is 84.5 Å². The Morgan fingerprint density at radius 3 is 2.09 bits per heavy atom. The minimum Gasteiger partial charge on any atom is -0.325 e. The van der Waals surface area contributed by atoms with Crippen LogP contribution >= 0.6 is 0 Å². The fraction of sp³-hybridized carbons (Fsp3) is 0.905. The summed E-state index contributed by atoms with van der Waals surface area (Å²) in [4.78, 5) is 2.65. The molecule has 2 atom stereocenters. The molecule has 2 unspecified atom stereocenters. The number of allylic oxidation sites excluding steroid dienone is 1. The molecule has 1 heterocycles. The van der Waals surface area contributed by atoms with Gasteiger partial charge in [-0.1, -0.05) is 31.8 Å². The Bertz CT molecular complexity index is 332. The quantitative estimate of drug-likeness (QED) is 0.711. The topological polar surface area (TPSA) is 29.3 Å². The summed E-state index contributed by atoms with van der Waals surface area (Å²) in [7, 11) is 0. The van der Waals surface area contributed by atoms with Crippen LogP contribution in [0, 0.1) is 11.8 Å². The minimum absolute atomic E-state index is 0.000950. The molecule has 2 rings (SSSR count). The van der Waals surface area contributed by atoms with E-state index in [4.69, 9.17) is 5.73 Å². The number of likely N-dealkylation sites (tertiary alicyclic amines) is 1. The van der Waals surface area contributed by atoms with Crippen LogP contribution in [0.25, 0.3) is 0 Å². The third-order valence-electron chi connectivity index (χ3n) is 6.52. The largest absolute Gasteiger partial charge is 0.325 e. The Morgan fingerprint density at radius 2 is 1.57 bits per heavy atom. The minimum atomic E-state index is -0.000950. The lowest BCUT2D eigenvalue weighted by molar-refractivity contribution is 0.158. The van der Waals surface area contributed by atoms with Crippen LogP contribution in [0.2, 0.25) is 0 Å². The van der Waals surface area contributed by atoms with Crippen LogP contribution in [0.4, 0.5) is 0 Å². The first-order chi connectivity index (χ1) is 11.0. The van der Waals surface area contributed by atoms with Crippen LogP contribution in [0.15, 0.2) is 12.7 Å². The van der Waals surface area contributed by atoms with Gasteiger partial charge >= 0.3 is 0 Å². The number of nitrogens with two attached hydrogens (primary N) is 1. The van der Waals surface area contributed by atoms with Crippen molar-refractivity contribution in [2.75, 3.05) is 13.1 Å². The molecule has 2 heteroatoms. The van der Waals surface area contributed by atoms with Crippen LogP contribution in [-0.2, 0) is 0 Å². The van der Waals surface area contributed by atoms with E-state index >= 15 is 0 Å². The molecule has 0 spiro atoms. The summed E-state index contributed by atoms with van der Waals surface area (Å²) >= 11 is 0. The molecule has 0 aromatic heterocycles. The second-order valence-electron chi connectivity index (χ2n) is 8.56. The Balaban J connectivity index is 1.87. The average molecular weight is 321 g/mol. The fourth-order valence-electron chi connectivity index (χ4n) is 4.89. The highest BCUT2D eigenvalue weighted by molar-refractivity contribution is 4.92. The highest BCUT2D eigenvalue weighted by Crippen LogP contribution is 2.33. The van der Waals surface area contributed by atoms with E-state index in [1.165, 1.54) is 77.3 Å². The highest BCUT2D eigenvalue weighted by atomic mass is 15.2. The van der Waals surface area contributed by atoms with E-state index in [0.717, 1.165) is 12.3 Å². The molecule has 134 valence electrons. The summed E-state index contributed by atoms with van der Waals surface area (Å²) in [5, 5.41) is 0. The maximum atomic E-state index is 6.88. The first-order valence-electron chi connectivity index (χ1n) is 10.2. The summed E-state index contributed by atoms with van der Waals surface area (Å²) < 4.78 is 0. The van der Waals surface area contributed by atoms with Gasteiger partial charge in [0.15, 0.2) is 0 Å². The molecule has 1 aliphatic carbocycles. The molecular formula is C21H40N2. The molecule has 0 radical (unpaired) electrons. The second-order valence-corrected chi connectivity index (χ2v) is 8.56. The van der Waals surface area contributed by atoms with Crippen molar-refractivity contribution in [2.24, 2.45) is 17.6 Å². The molecule has 0 aromatic carbocycles. The first-order valence-corrected chi connectivity index (χ1v) is 10.2. The monoisotopic (exact) mass is 320 g/mol. The van der Waals surface area contributed by atoms with E-state index in [0.29, 0.717) is 12.0 Å². The van der Waals surface area contributed by atoms with E-state index < -0.39 is 0 Å². The second kappa shape index (κ2) is 9.22. The molecule has 1 saturated carbocycles. The molecule has 2 N–H and O–H groups in total. The van der Waals surface area contributed by atoms with Crippen molar-refractivity contribution < 1.29 is 0 Å². The van der Waals surface area contributed by atoms with Crippen molar-refractivity contribution in [3.8, 4) is 0 Å². The predicted molar refractivity (Wildman–Crippen MR) is 102 cm³/mol. The maximum Gasteiger partial charge on any atom is 0.0169 e. The van der Waals surface area contributed by atoms with Gasteiger partial charge in [0.05, 0.1) is 0 Å². The Labute approximate surface area is 144 Å². The third-order valence-corrected chi connectivity index (χ3v) is 6.52. The molecule has 0 aromatic rings. The van der Waals surface area contributed by atoms with Crippen molar-refractivity contribution >= 4 is 0 Å². The molecule has 0 bridgehead atoms. The van der Waals surface area contributed by atoms with Gasteiger partial charge in [-0.25, -0.2) is 0 Å². The molecule has 2 aliphatic rings. The van der Waals surface area contributed by atoms with E-state index in [1.807, 2.05) is 0 Å². The number of rotatable bonds is 5. The van der Waals surface area contributed by atoms with Gasteiger partial charge in [-0.2, -0.15) is 0 Å². The van der Waals surface area contributed by atoms with Gasteiger partial charge in [-0.05, 0) is 83.7 Å². The van der Waals surface area contributed by atoms with E-state index in [-0.39, 0.29) is 5.54 Å². The summed E-state index contributed by atoms with van der Waals surface area (Å²) in [6.07, 6.45) is 16.8. The lowest BCUT2D eigenvalue weighted by atomic mass is 9.75. The van der Waals surface area contributed by atoms with Gasteiger partial charge in [0.25, 0.3) is 0 Å². The number of hydrogen-bond acceptors (Lipinski definition) is 2. The summed E-state index contributed by atoms with van der Waals surface area (Å²) in [6, 6.07) is 0.646. The van der Waals surface area contributed by atoms with Gasteiger partial charge in [-0.3, -0.25) is 0 Å². The fourth-order valence-corrected chi connectivity index (χ4v) is 4.89. The summed E-state index contributed by atoms with van der Waals surface area (Å²) in [5.41, 5.74) is 6.88. The van der Waals surface area contributed by atoms with Crippen molar-refractivity contribution in [1.82, 2.24) is 4.90 Å². The lowest BCUT2D eigenvalue weighted by Crippen LogP contribution is -2.49. The van der Waals surface area contributed by atoms with Crippen LogP contribution < -0.4 is 5.73 Å². The zero-order valence-corrected chi connectivity index (χ0v) is 15.7. The van der Waals surface area contributed by atoms with Crippen molar-refractivity contribution in [3.63, 3.8) is 0 Å². The molecule has 2 fully saturated rings. The van der Waals surface area contributed by atoms with Crippen LogP contribution in [0.3, 0.4) is 0 Å². The van der Waals surface area contributed by atoms with Crippen molar-refractivity contribution in [3.05, 3.63) is 12.7 Å². The van der Waals surface area contributed by atoms with E-state index in [1.54, 1.807) is 0 Å². The summed E-state index contributed by atoms with van der Waals surface area (Å²) in [6.45, 7) is 11.3. The number of nitrogens with zero attached hydrogens (tertiary/aromatic N) is 1. The van der Waals surface area contributed by atoms with Crippen LogP contribution in [-0.4, -0.2) is 29.6 Å². The normalized spacial score (nSPS) is 32.1. The Morgan fingerprint density at radius 1 is 1.04 bits per heavy atom. The van der Waals surface area contributed by atoms with E-state index in [9.17, 15) is 0 Å². The molecular weight excluding hydrogens is 280 g/mol. The van der Waals surface area contributed by atoms with Gasteiger partial charge in [0.2, 0.25) is 0 Å². The van der Waals surface area contributed by atoms with E-state index in [2.05, 4.69) is 31.4 Å². The predicted octanol–water partition coefficient (Wildman–Crippen LogP) is 5.13. The zero-order valence-electron chi connectivity index (χ0n) is 15.7. The SMILES string of the molecule is C=CC1CCCCC(C(C)(N)CC(C)N2CCCC2)CCCC1. The zero-order chi connectivity index (χ0) is 16.7. The highest BCUT2D eigenvalue weighted by Gasteiger charge is 2.33. The first kappa shape index (κ1) is 19.0. The number of hydrogen-bond donors (Lipinski definition) is 1. The average Bonchev–Trinajstić information content (AvgIpc) is 3.06. The molecule has 1 saturated heterocycles. The third kappa shape index (κ3) is 5.90. The Hall–Kier alpha value is -0.340. The molecule has 2 nitrogen and oxygen atoms in total. The van der Waals surface area contributed by atoms with Gasteiger partial charge in [0, 0.05) is 11.6 Å². The Kier molecular flexibility index (Phi) is 7.62. The lowest BCUT2D eigenvalue weighted by Gasteiger charge is -2.39. The van der Waals surface area contributed by atoms with Gasteiger partial charge < -0.3 is 10.6 Å². The maximum absolute atomic E-state index is 6.88. The smallest absolute Gasteiger partial charge is 0.0169 e. The van der Waals surface area contributed by atoms with Crippen molar-refractivity contribution in [2.45, 2.75) is 96.1 Å². The summed E-state index contributed by atoms with van der Waals surface area (Å²) in [5.74, 6) is 1.46. The standard InChI is InChI=1S/C21H40N2/c1-4-19-11-5-7-13-20(14-8-6-12-19)21(3,22)17-18(2)23-15-9-10-16-23/h4,18-20H,1,5-17,22H2,2-3H3. The molecule has 1 aliphatic heterocycles. The van der Waals surface area contributed by atoms with Gasteiger partial charge in [-0.15, -0.1) is 6.58 Å².